The minimum absolute atomic E-state index is 0.0808. The molecule has 8 heteroatoms. The number of carbonyl (C=O) groups excluding carboxylic acids is 2. The Morgan fingerprint density at radius 1 is 1.12 bits per heavy atom. The summed E-state index contributed by atoms with van der Waals surface area (Å²) in [6, 6.07) is 0.219. The molecule has 1 N–H and O–H groups in total. The predicted octanol–water partition coefficient (Wildman–Crippen LogP) is -0.852. The fraction of sp³-hybridized carbons (Fsp3) is 0.812. The molecule has 6 fully saturated rings. The Kier molecular flexibility index (Phi) is 2.41. The van der Waals surface area contributed by atoms with E-state index in [1.807, 2.05) is 0 Å². The molecule has 1 aromatic heterocycles. The van der Waals surface area contributed by atoms with Gasteiger partial charge in [0.25, 0.3) is 0 Å². The van der Waals surface area contributed by atoms with E-state index in [9.17, 15) is 9.59 Å². The van der Waals surface area contributed by atoms with E-state index in [2.05, 4.69) is 25.6 Å². The van der Waals surface area contributed by atoms with Crippen molar-refractivity contribution in [2.24, 2.45) is 41.4 Å². The lowest BCUT2D eigenvalue weighted by atomic mass is 9.96. The highest BCUT2D eigenvalue weighted by Gasteiger charge is 2.71. The quantitative estimate of drug-likeness (QED) is 0.777. The van der Waals surface area contributed by atoms with Crippen molar-refractivity contribution < 1.29 is 9.59 Å². The van der Waals surface area contributed by atoms with Crippen LogP contribution < -0.4 is 5.32 Å². The number of likely N-dealkylation sites (tertiary alicyclic amines) is 1. The zero-order valence-electron chi connectivity index (χ0n) is 13.3. The van der Waals surface area contributed by atoms with Gasteiger partial charge in [-0.25, -0.2) is 0 Å². The van der Waals surface area contributed by atoms with Crippen molar-refractivity contribution in [1.82, 2.24) is 30.4 Å². The largest absolute Gasteiger partial charge is 0.351 e. The van der Waals surface area contributed by atoms with Crippen LogP contribution in [0.3, 0.4) is 0 Å². The minimum Gasteiger partial charge on any atom is -0.351 e. The summed E-state index contributed by atoms with van der Waals surface area (Å²) in [6.07, 6.45) is 3.93. The molecule has 6 atom stereocenters. The summed E-state index contributed by atoms with van der Waals surface area (Å²) in [4.78, 5) is 28.2. The molecule has 4 unspecified atom stereocenters. The fourth-order valence-corrected chi connectivity index (χ4v) is 6.19. The Bertz CT molecular complexity index is 694. The van der Waals surface area contributed by atoms with Crippen molar-refractivity contribution in [3.05, 3.63) is 6.33 Å². The Morgan fingerprint density at radius 3 is 2.46 bits per heavy atom. The second-order valence-corrected chi connectivity index (χ2v) is 8.29. The van der Waals surface area contributed by atoms with E-state index in [-0.39, 0.29) is 18.5 Å². The molecule has 7 rings (SSSR count). The summed E-state index contributed by atoms with van der Waals surface area (Å²) in [5.74, 6) is 4.73. The number of carbonyl (C=O) groups is 2. The van der Waals surface area contributed by atoms with Gasteiger partial charge in [0.05, 0.1) is 0 Å². The van der Waals surface area contributed by atoms with Crippen molar-refractivity contribution in [1.29, 1.82) is 0 Å². The van der Waals surface area contributed by atoms with Crippen LogP contribution in [-0.4, -0.2) is 56.1 Å². The lowest BCUT2D eigenvalue weighted by Gasteiger charge is -2.25. The van der Waals surface area contributed by atoms with Crippen molar-refractivity contribution in [3.8, 4) is 0 Å². The zero-order chi connectivity index (χ0) is 16.0. The van der Waals surface area contributed by atoms with Crippen LogP contribution in [0.5, 0.6) is 0 Å². The second-order valence-electron chi connectivity index (χ2n) is 8.29. The second kappa shape index (κ2) is 4.34. The number of aromatic nitrogens is 4. The topological polar surface area (TPSA) is 93.0 Å². The third-order valence-electron chi connectivity index (χ3n) is 7.27. The molecule has 126 valence electrons. The van der Waals surface area contributed by atoms with E-state index in [1.54, 1.807) is 0 Å². The Labute approximate surface area is 138 Å². The summed E-state index contributed by atoms with van der Waals surface area (Å²) < 4.78 is 0. The van der Waals surface area contributed by atoms with Gasteiger partial charge in [-0.05, 0) is 41.7 Å². The number of tetrazole rings is 1. The molecule has 6 aliphatic rings. The van der Waals surface area contributed by atoms with Gasteiger partial charge < -0.3 is 10.2 Å². The van der Waals surface area contributed by atoms with E-state index in [0.29, 0.717) is 29.6 Å². The van der Waals surface area contributed by atoms with E-state index in [1.165, 1.54) is 24.0 Å². The number of amides is 2. The number of fused-ring (bicyclic) bond motifs is 1. The van der Waals surface area contributed by atoms with Crippen LogP contribution in [0.4, 0.5) is 0 Å². The molecule has 4 bridgehead atoms. The van der Waals surface area contributed by atoms with Gasteiger partial charge in [-0.15, -0.1) is 10.2 Å². The van der Waals surface area contributed by atoms with Gasteiger partial charge in [0.1, 0.15) is 6.54 Å². The maximum absolute atomic E-state index is 12.8. The first-order valence-corrected chi connectivity index (χ1v) is 8.99. The Morgan fingerprint density at radius 2 is 1.88 bits per heavy atom. The fourth-order valence-electron chi connectivity index (χ4n) is 6.19. The lowest BCUT2D eigenvalue weighted by molar-refractivity contribution is -0.136. The van der Waals surface area contributed by atoms with Gasteiger partial charge in [0.2, 0.25) is 11.8 Å². The average Bonchev–Trinajstić information content (AvgIpc) is 3.18. The number of hydrogen-bond donors (Lipinski definition) is 1. The highest BCUT2D eigenvalue weighted by Crippen LogP contribution is 2.73. The number of hydrogen-bond acceptors (Lipinski definition) is 5. The van der Waals surface area contributed by atoms with Gasteiger partial charge in [0.15, 0.2) is 6.33 Å². The molecule has 5 aliphatic carbocycles. The monoisotopic (exact) mass is 328 g/mol. The smallest absolute Gasteiger partial charge is 0.243 e. The third-order valence-corrected chi connectivity index (χ3v) is 7.27. The van der Waals surface area contributed by atoms with Crippen LogP contribution in [0.15, 0.2) is 6.33 Å². The zero-order valence-corrected chi connectivity index (χ0v) is 13.3. The molecular weight excluding hydrogens is 308 g/mol. The van der Waals surface area contributed by atoms with Gasteiger partial charge in [-0.3, -0.25) is 9.59 Å². The van der Waals surface area contributed by atoms with E-state index in [0.717, 1.165) is 30.8 Å². The van der Waals surface area contributed by atoms with Crippen LogP contribution in [0.25, 0.3) is 0 Å². The first-order chi connectivity index (χ1) is 11.7. The van der Waals surface area contributed by atoms with Crippen LogP contribution in [0.1, 0.15) is 12.8 Å². The minimum atomic E-state index is -0.0808. The van der Waals surface area contributed by atoms with Gasteiger partial charge in [0, 0.05) is 36.9 Å². The van der Waals surface area contributed by atoms with Crippen molar-refractivity contribution in [2.75, 3.05) is 13.1 Å². The molecule has 2 heterocycles. The third kappa shape index (κ3) is 1.71. The predicted molar refractivity (Wildman–Crippen MR) is 80.0 cm³/mol. The molecule has 0 radical (unpaired) electrons. The molecule has 1 saturated heterocycles. The molecule has 24 heavy (non-hydrogen) atoms. The number of rotatable bonds is 4. The van der Waals surface area contributed by atoms with Crippen molar-refractivity contribution in [2.45, 2.75) is 25.4 Å². The maximum atomic E-state index is 12.8. The average molecular weight is 328 g/mol. The van der Waals surface area contributed by atoms with E-state index >= 15 is 0 Å². The summed E-state index contributed by atoms with van der Waals surface area (Å²) in [7, 11) is 0. The summed E-state index contributed by atoms with van der Waals surface area (Å²) >= 11 is 0. The molecule has 8 nitrogen and oxygen atoms in total. The lowest BCUT2D eigenvalue weighted by Crippen LogP contribution is -2.41. The summed E-state index contributed by atoms with van der Waals surface area (Å²) in [5.41, 5.74) is 0. The Hall–Kier alpha value is -1.99. The molecule has 1 aliphatic heterocycles. The van der Waals surface area contributed by atoms with Crippen molar-refractivity contribution >= 4 is 11.8 Å². The normalized spacial score (nSPS) is 46.1. The van der Waals surface area contributed by atoms with Crippen molar-refractivity contribution in [3.63, 3.8) is 0 Å². The summed E-state index contributed by atoms with van der Waals surface area (Å²) in [5, 5.41) is 14.2. The molecular formula is C16H20N6O2. The molecule has 5 saturated carbocycles. The van der Waals surface area contributed by atoms with Crippen LogP contribution in [-0.2, 0) is 16.1 Å². The molecule has 2 amide bonds. The maximum Gasteiger partial charge on any atom is 0.243 e. The van der Waals surface area contributed by atoms with E-state index < -0.39 is 0 Å². The molecule has 1 aromatic rings. The Balaban J connectivity index is 1.03. The molecule has 0 aromatic carbocycles. The van der Waals surface area contributed by atoms with Crippen LogP contribution in [0.2, 0.25) is 0 Å². The van der Waals surface area contributed by atoms with Gasteiger partial charge >= 0.3 is 0 Å². The van der Waals surface area contributed by atoms with E-state index in [4.69, 9.17) is 0 Å². The van der Waals surface area contributed by atoms with Gasteiger partial charge in [-0.1, -0.05) is 0 Å². The summed E-state index contributed by atoms with van der Waals surface area (Å²) in [6.45, 7) is 1.75. The highest BCUT2D eigenvalue weighted by atomic mass is 16.2. The first-order valence-electron chi connectivity index (χ1n) is 8.99. The van der Waals surface area contributed by atoms with Gasteiger partial charge in [-0.2, -0.15) is 4.80 Å². The first kappa shape index (κ1) is 13.3. The van der Waals surface area contributed by atoms with Crippen LogP contribution >= 0.6 is 0 Å². The number of piperidine rings is 1. The number of nitrogens with zero attached hydrogens (tertiary/aromatic N) is 5. The van der Waals surface area contributed by atoms with Crippen LogP contribution in [0, 0.1) is 41.4 Å². The SMILES string of the molecule is O=C(Cn1ncnn1)NC1[C@H]2CN(C(=O)C3C4CC5C(C4)C53)C[C@@H]12. The number of nitrogens with one attached hydrogen (secondary N) is 1. The molecule has 0 spiro atoms. The standard InChI is InChI=1S/C16H20N6O2/c23-12(5-22-18-6-17-20-22)19-15-10-3-21(4-11(10)15)16(24)13-7-1-8-9(2-7)14(8)13/h6-11,13-15H,1-5H2,(H,19,23)/t7?,8?,9?,10-,11+,13?,14?,15?. The highest BCUT2D eigenvalue weighted by molar-refractivity contribution is 5.82.